The second-order valence-corrected chi connectivity index (χ2v) is 9.88. The normalized spacial score (nSPS) is 15.1. The Labute approximate surface area is 227 Å². The van der Waals surface area contributed by atoms with Gasteiger partial charge in [-0.1, -0.05) is 60.7 Å². The molecule has 1 unspecified atom stereocenters. The molecular weight excluding hydrogens is 491 g/mol. The Morgan fingerprint density at radius 2 is 1.59 bits per heavy atom. The van der Waals surface area contributed by atoms with E-state index in [1.807, 2.05) is 84.9 Å². The van der Waals surface area contributed by atoms with E-state index in [1.54, 1.807) is 24.9 Å². The summed E-state index contributed by atoms with van der Waals surface area (Å²) in [4.78, 5) is 27.8. The number of likely N-dealkylation sites (N-methyl/N-ethyl adjacent to an activating group) is 1. The van der Waals surface area contributed by atoms with Crippen molar-refractivity contribution >= 4 is 40.1 Å². The van der Waals surface area contributed by atoms with Crippen LogP contribution in [0.4, 0.5) is 21.5 Å². The predicted molar refractivity (Wildman–Crippen MR) is 154 cm³/mol. The zero-order valence-corrected chi connectivity index (χ0v) is 21.7. The van der Waals surface area contributed by atoms with Gasteiger partial charge in [-0.05, 0) is 66.9 Å². The Bertz CT molecular complexity index is 1550. The summed E-state index contributed by atoms with van der Waals surface area (Å²) in [6, 6.07) is 30.8. The quantitative estimate of drug-likeness (QED) is 0.274. The molecule has 0 radical (unpaired) electrons. The van der Waals surface area contributed by atoms with E-state index in [2.05, 4.69) is 10.6 Å². The van der Waals surface area contributed by atoms with Crippen LogP contribution in [0, 0.1) is 5.82 Å². The zero-order chi connectivity index (χ0) is 27.6. The third kappa shape index (κ3) is 5.44. The van der Waals surface area contributed by atoms with Crippen LogP contribution in [0.2, 0.25) is 0 Å². The van der Waals surface area contributed by atoms with E-state index < -0.39 is 11.4 Å². The van der Waals surface area contributed by atoms with Crippen LogP contribution in [0.3, 0.4) is 0 Å². The lowest BCUT2D eigenvalue weighted by molar-refractivity contribution is -0.122. The molecule has 0 saturated carbocycles. The summed E-state index contributed by atoms with van der Waals surface area (Å²) in [6.07, 6.45) is 0.415. The van der Waals surface area contributed by atoms with E-state index in [1.165, 1.54) is 12.1 Å². The van der Waals surface area contributed by atoms with Gasteiger partial charge in [-0.25, -0.2) is 4.39 Å². The number of amides is 2. The molecule has 0 bridgehead atoms. The van der Waals surface area contributed by atoms with Gasteiger partial charge in [0.25, 0.3) is 5.91 Å². The van der Waals surface area contributed by atoms with Gasteiger partial charge in [0.15, 0.2) is 0 Å². The summed E-state index contributed by atoms with van der Waals surface area (Å²) in [5.41, 5.74) is 10.6. The Kier molecular flexibility index (Phi) is 7.00. The Hall–Kier alpha value is -4.75. The van der Waals surface area contributed by atoms with E-state index in [0.717, 1.165) is 11.1 Å². The van der Waals surface area contributed by atoms with Crippen molar-refractivity contribution in [2.24, 2.45) is 5.73 Å². The highest BCUT2D eigenvalue weighted by Crippen LogP contribution is 2.38. The lowest BCUT2D eigenvalue weighted by Crippen LogP contribution is -2.53. The molecule has 2 amide bonds. The molecule has 4 N–H and O–H groups in total. The molecule has 1 heterocycles. The molecule has 5 rings (SSSR count). The molecule has 4 aromatic carbocycles. The summed E-state index contributed by atoms with van der Waals surface area (Å²) >= 11 is 0. The monoisotopic (exact) mass is 520 g/mol. The molecular formula is C32H29FN4O2. The van der Waals surface area contributed by atoms with E-state index in [0.29, 0.717) is 40.3 Å². The number of anilines is 3. The topological polar surface area (TPSA) is 87.5 Å². The molecule has 6 nitrogen and oxygen atoms in total. The van der Waals surface area contributed by atoms with Gasteiger partial charge in [0.2, 0.25) is 5.91 Å². The molecule has 0 saturated heterocycles. The lowest BCUT2D eigenvalue weighted by Gasteiger charge is -2.29. The van der Waals surface area contributed by atoms with Crippen molar-refractivity contribution in [2.45, 2.75) is 18.9 Å². The summed E-state index contributed by atoms with van der Waals surface area (Å²) in [5.74, 6) is -0.939. The number of rotatable bonds is 7. The van der Waals surface area contributed by atoms with Gasteiger partial charge in [-0.2, -0.15) is 0 Å². The first-order valence-electron chi connectivity index (χ1n) is 12.6. The number of halogens is 1. The molecule has 0 aromatic heterocycles. The molecule has 1 atom stereocenters. The van der Waals surface area contributed by atoms with Crippen LogP contribution in [0.15, 0.2) is 103 Å². The minimum Gasteiger partial charge on any atom is -0.354 e. The van der Waals surface area contributed by atoms with Crippen molar-refractivity contribution in [1.29, 1.82) is 0 Å². The number of nitrogens with two attached hydrogens (primary N) is 1. The molecule has 1 aliphatic rings. The van der Waals surface area contributed by atoms with E-state index in [-0.39, 0.29) is 11.8 Å². The van der Waals surface area contributed by atoms with Crippen LogP contribution in [0.1, 0.15) is 23.6 Å². The maximum absolute atomic E-state index is 13.8. The molecule has 0 spiro atoms. The summed E-state index contributed by atoms with van der Waals surface area (Å²) in [6.45, 7) is 1.74. The van der Waals surface area contributed by atoms with Crippen molar-refractivity contribution in [3.8, 4) is 0 Å². The van der Waals surface area contributed by atoms with Crippen LogP contribution in [-0.2, 0) is 16.0 Å². The molecule has 4 aromatic rings. The van der Waals surface area contributed by atoms with E-state index >= 15 is 0 Å². The van der Waals surface area contributed by atoms with Gasteiger partial charge < -0.3 is 21.3 Å². The van der Waals surface area contributed by atoms with Crippen molar-refractivity contribution in [1.82, 2.24) is 0 Å². The smallest absolute Gasteiger partial charge is 0.258 e. The standard InChI is InChI=1S/C32H29FN4O2/c1-32(34,20-21-9-5-3-6-10-21)31(39)37(2)25-16-14-24(15-17-25)35-29(22-11-7-4-8-12-22)28-26-18-13-23(33)19-27(26)36-30(28)38/h3-19,35H,20,34H2,1-2H3,(H,36,38)/b29-28-. The van der Waals surface area contributed by atoms with Crippen molar-refractivity contribution in [2.75, 3.05) is 22.6 Å². The van der Waals surface area contributed by atoms with Crippen LogP contribution in [0.25, 0.3) is 11.3 Å². The Morgan fingerprint density at radius 1 is 0.949 bits per heavy atom. The first-order chi connectivity index (χ1) is 18.7. The summed E-state index contributed by atoms with van der Waals surface area (Å²) in [5, 5.41) is 6.14. The van der Waals surface area contributed by atoms with Crippen LogP contribution in [-0.4, -0.2) is 24.4 Å². The van der Waals surface area contributed by atoms with Gasteiger partial charge >= 0.3 is 0 Å². The fraction of sp³-hybridized carbons (Fsp3) is 0.125. The highest BCUT2D eigenvalue weighted by atomic mass is 19.1. The van der Waals surface area contributed by atoms with E-state index in [4.69, 9.17) is 5.73 Å². The second-order valence-electron chi connectivity index (χ2n) is 9.88. The molecule has 196 valence electrons. The first-order valence-corrected chi connectivity index (χ1v) is 12.6. The zero-order valence-electron chi connectivity index (χ0n) is 21.7. The van der Waals surface area contributed by atoms with Gasteiger partial charge in [0, 0.05) is 24.0 Å². The third-order valence-corrected chi connectivity index (χ3v) is 6.77. The third-order valence-electron chi connectivity index (χ3n) is 6.77. The average Bonchev–Trinajstić information content (AvgIpc) is 3.26. The first kappa shape index (κ1) is 25.9. The number of hydrogen-bond donors (Lipinski definition) is 3. The Morgan fingerprint density at radius 3 is 2.26 bits per heavy atom. The minimum absolute atomic E-state index is 0.203. The number of fused-ring (bicyclic) bond motifs is 1. The number of carbonyl (C=O) groups is 2. The van der Waals surface area contributed by atoms with Crippen molar-refractivity contribution in [3.05, 3.63) is 126 Å². The van der Waals surface area contributed by atoms with Crippen molar-refractivity contribution in [3.63, 3.8) is 0 Å². The van der Waals surface area contributed by atoms with Crippen LogP contribution < -0.4 is 21.3 Å². The molecule has 1 aliphatic heterocycles. The maximum atomic E-state index is 13.8. The number of nitrogens with one attached hydrogen (secondary N) is 2. The fourth-order valence-corrected chi connectivity index (χ4v) is 4.79. The molecule has 0 aliphatic carbocycles. The van der Waals surface area contributed by atoms with Crippen LogP contribution in [0.5, 0.6) is 0 Å². The van der Waals surface area contributed by atoms with Gasteiger partial charge in [0.1, 0.15) is 5.82 Å². The molecule has 39 heavy (non-hydrogen) atoms. The number of nitrogens with zero attached hydrogens (tertiary/aromatic N) is 1. The highest BCUT2D eigenvalue weighted by molar-refractivity contribution is 6.37. The minimum atomic E-state index is -1.08. The number of carbonyl (C=O) groups excluding carboxylic acids is 2. The highest BCUT2D eigenvalue weighted by Gasteiger charge is 2.32. The fourth-order valence-electron chi connectivity index (χ4n) is 4.79. The maximum Gasteiger partial charge on any atom is 0.258 e. The van der Waals surface area contributed by atoms with Gasteiger partial charge in [-0.15, -0.1) is 0 Å². The number of benzene rings is 4. The molecule has 7 heteroatoms. The van der Waals surface area contributed by atoms with Crippen molar-refractivity contribution < 1.29 is 14.0 Å². The number of hydrogen-bond acceptors (Lipinski definition) is 4. The van der Waals surface area contributed by atoms with Gasteiger partial charge in [-0.3, -0.25) is 9.59 Å². The second kappa shape index (κ2) is 10.6. The average molecular weight is 521 g/mol. The predicted octanol–water partition coefficient (Wildman–Crippen LogP) is 5.68. The summed E-state index contributed by atoms with van der Waals surface area (Å²) in [7, 11) is 1.71. The molecule has 0 fully saturated rings. The largest absolute Gasteiger partial charge is 0.354 e. The Balaban J connectivity index is 1.42. The lowest BCUT2D eigenvalue weighted by atomic mass is 9.92. The van der Waals surface area contributed by atoms with E-state index in [9.17, 15) is 14.0 Å². The summed E-state index contributed by atoms with van der Waals surface area (Å²) < 4.78 is 13.8. The van der Waals surface area contributed by atoms with Crippen LogP contribution >= 0.6 is 0 Å². The van der Waals surface area contributed by atoms with Gasteiger partial charge in [0.05, 0.1) is 22.5 Å². The SMILES string of the molecule is CN(C(=O)C(C)(N)Cc1ccccc1)c1ccc(N/C(=C2\C(=O)Nc3cc(F)ccc32)c2ccccc2)cc1.